The highest BCUT2D eigenvalue weighted by Gasteiger charge is 2.18. The van der Waals surface area contributed by atoms with Crippen LogP contribution in [0.4, 0.5) is 11.7 Å². The number of hydrogen-bond acceptors (Lipinski definition) is 6. The Kier molecular flexibility index (Phi) is 4.07. The Morgan fingerprint density at radius 2 is 1.68 bits per heavy atom. The third kappa shape index (κ3) is 3.18. The molecule has 4 aromatic rings. The molecule has 2 aromatic heterocycles. The van der Waals surface area contributed by atoms with E-state index in [-0.39, 0.29) is 6.01 Å². The Morgan fingerprint density at radius 1 is 0.920 bits per heavy atom. The first-order valence-corrected chi connectivity index (χ1v) is 8.38. The molecule has 0 saturated heterocycles. The maximum atomic E-state index is 5.70. The molecule has 0 bridgehead atoms. The number of nitrogens with one attached hydrogen (secondary N) is 1. The Morgan fingerprint density at radius 3 is 2.44 bits per heavy atom. The van der Waals surface area contributed by atoms with E-state index in [0.29, 0.717) is 23.0 Å². The van der Waals surface area contributed by atoms with Crippen LogP contribution in [0.2, 0.25) is 0 Å². The van der Waals surface area contributed by atoms with Crippen LogP contribution in [0, 0.1) is 6.92 Å². The third-order valence-corrected chi connectivity index (χ3v) is 4.18. The van der Waals surface area contributed by atoms with E-state index in [2.05, 4.69) is 36.6 Å². The molecule has 0 aliphatic rings. The number of halogens is 1. The first-order chi connectivity index (χ1) is 12.2. The minimum Gasteiger partial charge on any atom is -0.403 e. The highest BCUT2D eigenvalue weighted by molar-refractivity contribution is 9.10. The summed E-state index contributed by atoms with van der Waals surface area (Å²) in [6.07, 6.45) is 0. The van der Waals surface area contributed by atoms with Crippen LogP contribution in [0.25, 0.3) is 22.8 Å². The molecule has 0 aliphatic heterocycles. The van der Waals surface area contributed by atoms with Crippen molar-refractivity contribution in [3.05, 3.63) is 64.8 Å². The molecule has 0 atom stereocenters. The second kappa shape index (κ2) is 6.52. The number of benzene rings is 2. The van der Waals surface area contributed by atoms with Crippen molar-refractivity contribution in [2.24, 2.45) is 0 Å². The molecule has 0 spiro atoms. The van der Waals surface area contributed by atoms with Crippen LogP contribution in [0.15, 0.2) is 68.0 Å². The number of nitrogens with zero attached hydrogens (tertiary/aromatic N) is 3. The maximum absolute atomic E-state index is 5.70. The van der Waals surface area contributed by atoms with Gasteiger partial charge in [0.25, 0.3) is 0 Å². The summed E-state index contributed by atoms with van der Waals surface area (Å²) in [5.41, 5.74) is 3.16. The van der Waals surface area contributed by atoms with E-state index in [0.717, 1.165) is 15.6 Å². The Labute approximate surface area is 152 Å². The maximum Gasteiger partial charge on any atom is 0.320 e. The fraction of sp³-hybridized carbons (Fsp3) is 0.0556. The zero-order chi connectivity index (χ0) is 17.2. The predicted molar refractivity (Wildman–Crippen MR) is 97.4 cm³/mol. The summed E-state index contributed by atoms with van der Waals surface area (Å²) in [5, 5.41) is 15.3. The van der Waals surface area contributed by atoms with Crippen molar-refractivity contribution in [1.82, 2.24) is 15.4 Å². The van der Waals surface area contributed by atoms with E-state index in [1.54, 1.807) is 0 Å². The van der Waals surface area contributed by atoms with Gasteiger partial charge in [-0.3, -0.25) is 0 Å². The van der Waals surface area contributed by atoms with Crippen molar-refractivity contribution in [1.29, 1.82) is 0 Å². The van der Waals surface area contributed by atoms with E-state index in [1.165, 1.54) is 0 Å². The van der Waals surface area contributed by atoms with Gasteiger partial charge in [0.1, 0.15) is 11.4 Å². The van der Waals surface area contributed by atoms with E-state index in [4.69, 9.17) is 8.94 Å². The van der Waals surface area contributed by atoms with Crippen LogP contribution < -0.4 is 5.32 Å². The summed E-state index contributed by atoms with van der Waals surface area (Å²) in [4.78, 5) is 0. The minimum atomic E-state index is 0.281. The predicted octanol–water partition coefficient (Wildman–Crippen LogP) is 5.21. The molecule has 25 heavy (non-hydrogen) atoms. The first kappa shape index (κ1) is 15.6. The molecule has 0 unspecified atom stereocenters. The molecular formula is C18H13BrN4O2. The molecule has 2 aromatic carbocycles. The van der Waals surface area contributed by atoms with Gasteiger partial charge in [-0.05, 0) is 43.3 Å². The first-order valence-electron chi connectivity index (χ1n) is 7.59. The van der Waals surface area contributed by atoms with E-state index >= 15 is 0 Å². The molecule has 0 amide bonds. The average Bonchev–Trinajstić information content (AvgIpc) is 3.25. The van der Waals surface area contributed by atoms with Gasteiger partial charge in [-0.15, -0.1) is 5.10 Å². The van der Waals surface area contributed by atoms with Gasteiger partial charge in [0.2, 0.25) is 5.89 Å². The largest absolute Gasteiger partial charge is 0.403 e. The molecular weight excluding hydrogens is 384 g/mol. The van der Waals surface area contributed by atoms with E-state index < -0.39 is 0 Å². The smallest absolute Gasteiger partial charge is 0.320 e. The minimum absolute atomic E-state index is 0.281. The average molecular weight is 397 g/mol. The van der Waals surface area contributed by atoms with Gasteiger partial charge in [0.05, 0.1) is 0 Å². The molecule has 6 nitrogen and oxygen atoms in total. The van der Waals surface area contributed by atoms with Crippen LogP contribution in [0.1, 0.15) is 5.69 Å². The van der Waals surface area contributed by atoms with Crippen LogP contribution in [0.5, 0.6) is 0 Å². The lowest BCUT2D eigenvalue weighted by atomic mass is 10.1. The quantitative estimate of drug-likeness (QED) is 0.510. The lowest BCUT2D eigenvalue weighted by molar-refractivity contribution is 0.427. The second-order valence-corrected chi connectivity index (χ2v) is 6.30. The molecule has 4 rings (SSSR count). The standard InChI is InChI=1S/C18H13BrN4O2/c1-11-15(16(25-23-11)12-7-9-14(19)10-8-12)20-18-22-21-17(24-18)13-5-3-2-4-6-13/h2-10H,1H3,(H,20,22). The molecule has 7 heteroatoms. The summed E-state index contributed by atoms with van der Waals surface area (Å²) in [6.45, 7) is 1.85. The topological polar surface area (TPSA) is 77.0 Å². The Bertz CT molecular complexity index is 994. The van der Waals surface area contributed by atoms with Gasteiger partial charge in [-0.1, -0.05) is 44.4 Å². The second-order valence-electron chi connectivity index (χ2n) is 5.38. The molecule has 0 fully saturated rings. The molecule has 124 valence electrons. The molecule has 0 radical (unpaired) electrons. The summed E-state index contributed by atoms with van der Waals surface area (Å²) in [7, 11) is 0. The van der Waals surface area contributed by atoms with Gasteiger partial charge >= 0.3 is 6.01 Å². The highest BCUT2D eigenvalue weighted by Crippen LogP contribution is 2.34. The van der Waals surface area contributed by atoms with Gasteiger partial charge in [-0.25, -0.2) is 0 Å². The molecule has 1 N–H and O–H groups in total. The summed E-state index contributed by atoms with van der Waals surface area (Å²) in [5.74, 6) is 1.06. The third-order valence-electron chi connectivity index (χ3n) is 3.65. The fourth-order valence-electron chi connectivity index (χ4n) is 2.39. The Balaban J connectivity index is 1.65. The summed E-state index contributed by atoms with van der Waals surface area (Å²) >= 11 is 3.43. The molecule has 0 saturated carbocycles. The van der Waals surface area contributed by atoms with E-state index in [1.807, 2.05) is 61.5 Å². The number of aryl methyl sites for hydroxylation is 1. The lowest BCUT2D eigenvalue weighted by Gasteiger charge is -2.02. The number of anilines is 2. The van der Waals surface area contributed by atoms with Crippen LogP contribution in [-0.2, 0) is 0 Å². The van der Waals surface area contributed by atoms with Crippen molar-refractivity contribution in [2.45, 2.75) is 6.92 Å². The zero-order valence-corrected chi connectivity index (χ0v) is 14.8. The normalized spacial score (nSPS) is 10.8. The molecule has 0 aliphatic carbocycles. The number of aromatic nitrogens is 3. The zero-order valence-electron chi connectivity index (χ0n) is 13.2. The van der Waals surface area contributed by atoms with Crippen LogP contribution in [0.3, 0.4) is 0 Å². The van der Waals surface area contributed by atoms with Gasteiger partial charge in [0, 0.05) is 15.6 Å². The van der Waals surface area contributed by atoms with Crippen molar-refractivity contribution < 1.29 is 8.94 Å². The van der Waals surface area contributed by atoms with Crippen LogP contribution >= 0.6 is 15.9 Å². The highest BCUT2D eigenvalue weighted by atomic mass is 79.9. The van der Waals surface area contributed by atoms with Gasteiger partial charge in [0.15, 0.2) is 5.76 Å². The van der Waals surface area contributed by atoms with E-state index in [9.17, 15) is 0 Å². The van der Waals surface area contributed by atoms with Crippen molar-refractivity contribution in [2.75, 3.05) is 5.32 Å². The van der Waals surface area contributed by atoms with Crippen LogP contribution in [-0.4, -0.2) is 15.4 Å². The summed E-state index contributed by atoms with van der Waals surface area (Å²) < 4.78 is 12.2. The van der Waals surface area contributed by atoms with Gasteiger partial charge in [-0.2, -0.15) is 0 Å². The fourth-order valence-corrected chi connectivity index (χ4v) is 2.66. The number of rotatable bonds is 4. The lowest BCUT2D eigenvalue weighted by Crippen LogP contribution is -1.93. The Hall–Kier alpha value is -2.93. The number of hydrogen-bond donors (Lipinski definition) is 1. The van der Waals surface area contributed by atoms with Crippen molar-refractivity contribution in [3.8, 4) is 22.8 Å². The van der Waals surface area contributed by atoms with Crippen molar-refractivity contribution in [3.63, 3.8) is 0 Å². The SMILES string of the molecule is Cc1noc(-c2ccc(Br)cc2)c1Nc1nnc(-c2ccccc2)o1. The monoisotopic (exact) mass is 396 g/mol. The van der Waals surface area contributed by atoms with Crippen molar-refractivity contribution >= 4 is 27.6 Å². The summed E-state index contributed by atoms with van der Waals surface area (Å²) in [6, 6.07) is 17.6. The van der Waals surface area contributed by atoms with Gasteiger partial charge < -0.3 is 14.3 Å². The molecule has 2 heterocycles.